The van der Waals surface area contributed by atoms with E-state index in [0.29, 0.717) is 28.8 Å². The molecular formula is C16H17N7O2. The van der Waals surface area contributed by atoms with E-state index < -0.39 is 0 Å². The molecule has 2 aromatic heterocycles. The summed E-state index contributed by atoms with van der Waals surface area (Å²) in [7, 11) is 1.79. The maximum atomic E-state index is 12.7. The second-order valence-electron chi connectivity index (χ2n) is 6.08. The number of amides is 1. The molecule has 1 amide bonds. The molecular weight excluding hydrogens is 322 g/mol. The molecule has 2 N–H and O–H groups in total. The lowest BCUT2D eigenvalue weighted by Gasteiger charge is -2.16. The Kier molecular flexibility index (Phi) is 3.68. The predicted molar refractivity (Wildman–Crippen MR) is 91.5 cm³/mol. The van der Waals surface area contributed by atoms with Gasteiger partial charge in [0.05, 0.1) is 5.56 Å². The highest BCUT2D eigenvalue weighted by atomic mass is 16.2. The number of hydrogen-bond acceptors (Lipinski definition) is 6. The minimum atomic E-state index is -0.200. The molecule has 3 heterocycles. The van der Waals surface area contributed by atoms with Gasteiger partial charge < -0.3 is 15.2 Å². The van der Waals surface area contributed by atoms with Gasteiger partial charge in [0, 0.05) is 43.1 Å². The van der Waals surface area contributed by atoms with Crippen molar-refractivity contribution in [3.63, 3.8) is 0 Å². The van der Waals surface area contributed by atoms with Crippen molar-refractivity contribution in [1.82, 2.24) is 30.5 Å². The number of nitrogens with zero attached hydrogens (tertiary/aromatic N) is 5. The summed E-state index contributed by atoms with van der Waals surface area (Å²) >= 11 is 0. The quantitative estimate of drug-likeness (QED) is 0.698. The van der Waals surface area contributed by atoms with Gasteiger partial charge in [0.25, 0.3) is 11.5 Å². The van der Waals surface area contributed by atoms with E-state index in [4.69, 9.17) is 0 Å². The number of carbonyl (C=O) groups is 1. The van der Waals surface area contributed by atoms with Crippen LogP contribution in [-0.4, -0.2) is 50.2 Å². The van der Waals surface area contributed by atoms with E-state index in [9.17, 15) is 9.59 Å². The van der Waals surface area contributed by atoms with E-state index in [-0.39, 0.29) is 17.5 Å². The Labute approximate surface area is 142 Å². The Bertz CT molecular complexity index is 993. The predicted octanol–water partition coefficient (Wildman–Crippen LogP) is 0.0603. The third-order valence-electron chi connectivity index (χ3n) is 4.46. The summed E-state index contributed by atoms with van der Waals surface area (Å²) in [6.07, 6.45) is 2.28. The zero-order valence-corrected chi connectivity index (χ0v) is 13.6. The van der Waals surface area contributed by atoms with Crippen molar-refractivity contribution in [2.24, 2.45) is 7.05 Å². The lowest BCUT2D eigenvalue weighted by molar-refractivity contribution is 0.0941. The maximum Gasteiger partial charge on any atom is 0.255 e. The first-order valence-electron chi connectivity index (χ1n) is 8.02. The van der Waals surface area contributed by atoms with Crippen LogP contribution in [0.3, 0.4) is 0 Å². The van der Waals surface area contributed by atoms with Crippen LogP contribution < -0.4 is 15.8 Å². The number of aryl methyl sites for hydroxylation is 1. The fourth-order valence-electron chi connectivity index (χ4n) is 3.21. The Morgan fingerprint density at radius 2 is 2.12 bits per heavy atom. The van der Waals surface area contributed by atoms with Gasteiger partial charge >= 0.3 is 0 Å². The van der Waals surface area contributed by atoms with Gasteiger partial charge in [-0.05, 0) is 22.9 Å². The second kappa shape index (κ2) is 6.00. The highest BCUT2D eigenvalue weighted by Gasteiger charge is 2.27. The van der Waals surface area contributed by atoms with Gasteiger partial charge in [-0.15, -0.1) is 0 Å². The zero-order valence-electron chi connectivity index (χ0n) is 13.6. The largest absolute Gasteiger partial charge is 0.347 e. The topological polar surface area (TPSA) is 109 Å². The maximum absolute atomic E-state index is 12.7. The molecule has 0 spiro atoms. The molecule has 128 valence electrons. The summed E-state index contributed by atoms with van der Waals surface area (Å²) in [5.74, 6) is 0.488. The Morgan fingerprint density at radius 3 is 2.88 bits per heavy atom. The van der Waals surface area contributed by atoms with Crippen LogP contribution in [0.1, 0.15) is 16.8 Å². The number of benzene rings is 1. The number of aromatic nitrogens is 5. The Balaban J connectivity index is 1.53. The van der Waals surface area contributed by atoms with Crippen LogP contribution in [0.25, 0.3) is 10.8 Å². The Hall–Kier alpha value is -3.23. The molecule has 3 aromatic rings. The summed E-state index contributed by atoms with van der Waals surface area (Å²) in [6.45, 7) is 1.41. The molecule has 4 rings (SSSR count). The number of anilines is 1. The molecule has 0 aliphatic carbocycles. The first kappa shape index (κ1) is 15.3. The molecule has 25 heavy (non-hydrogen) atoms. The van der Waals surface area contributed by atoms with Crippen molar-refractivity contribution < 1.29 is 4.79 Å². The average molecular weight is 339 g/mol. The van der Waals surface area contributed by atoms with Crippen LogP contribution in [0.2, 0.25) is 0 Å². The van der Waals surface area contributed by atoms with Gasteiger partial charge in [-0.2, -0.15) is 0 Å². The Morgan fingerprint density at radius 1 is 1.32 bits per heavy atom. The number of hydrogen-bond donors (Lipinski definition) is 2. The number of H-pyrrole nitrogens is 1. The van der Waals surface area contributed by atoms with Gasteiger partial charge in [0.15, 0.2) is 0 Å². The number of aromatic amines is 1. The first-order valence-corrected chi connectivity index (χ1v) is 8.02. The van der Waals surface area contributed by atoms with Crippen LogP contribution in [0.5, 0.6) is 0 Å². The van der Waals surface area contributed by atoms with E-state index in [1.807, 2.05) is 11.0 Å². The van der Waals surface area contributed by atoms with Crippen LogP contribution in [0.4, 0.5) is 5.95 Å². The summed E-state index contributed by atoms with van der Waals surface area (Å²) in [5.41, 5.74) is 0.267. The third kappa shape index (κ3) is 2.73. The number of carbonyl (C=O) groups excluding carboxylic acids is 1. The van der Waals surface area contributed by atoms with Crippen molar-refractivity contribution in [1.29, 1.82) is 0 Å². The minimum Gasteiger partial charge on any atom is -0.347 e. The second-order valence-corrected chi connectivity index (χ2v) is 6.08. The standard InChI is InChI=1S/C16H17N7O2/c1-22-16(19-20-21-22)23-7-6-10(9-23)18-15(25)13-8-17-14(24)12-5-3-2-4-11(12)13/h2-5,8,10H,6-7,9H2,1H3,(H,17,24)(H,18,25)/t10-/m0/s1. The van der Waals surface area contributed by atoms with Crippen LogP contribution in [0.15, 0.2) is 35.3 Å². The lowest BCUT2D eigenvalue weighted by atomic mass is 10.1. The number of tetrazole rings is 1. The van der Waals surface area contributed by atoms with E-state index in [1.165, 1.54) is 6.20 Å². The number of nitrogens with one attached hydrogen (secondary N) is 2. The highest BCUT2D eigenvalue weighted by Crippen LogP contribution is 2.18. The third-order valence-corrected chi connectivity index (χ3v) is 4.46. The van der Waals surface area contributed by atoms with E-state index in [0.717, 1.165) is 13.0 Å². The molecule has 1 aliphatic rings. The molecule has 9 heteroatoms. The van der Waals surface area contributed by atoms with Crippen molar-refractivity contribution >= 4 is 22.6 Å². The van der Waals surface area contributed by atoms with E-state index in [2.05, 4.69) is 25.8 Å². The molecule has 1 fully saturated rings. The number of rotatable bonds is 3. The monoisotopic (exact) mass is 339 g/mol. The smallest absolute Gasteiger partial charge is 0.255 e. The fraction of sp³-hybridized carbons (Fsp3) is 0.312. The van der Waals surface area contributed by atoms with Crippen molar-refractivity contribution in [2.45, 2.75) is 12.5 Å². The van der Waals surface area contributed by atoms with E-state index in [1.54, 1.807) is 29.9 Å². The lowest BCUT2D eigenvalue weighted by Crippen LogP contribution is -2.37. The molecule has 0 unspecified atom stereocenters. The van der Waals surface area contributed by atoms with Crippen molar-refractivity contribution in [2.75, 3.05) is 18.0 Å². The molecule has 1 saturated heterocycles. The summed E-state index contributed by atoms with van der Waals surface area (Å²) in [4.78, 5) is 29.2. The van der Waals surface area contributed by atoms with Gasteiger partial charge in [0.2, 0.25) is 5.95 Å². The van der Waals surface area contributed by atoms with Crippen LogP contribution in [-0.2, 0) is 7.05 Å². The van der Waals surface area contributed by atoms with E-state index >= 15 is 0 Å². The number of pyridine rings is 1. The van der Waals surface area contributed by atoms with Crippen LogP contribution >= 0.6 is 0 Å². The molecule has 0 saturated carbocycles. The molecule has 1 aromatic carbocycles. The number of fused-ring (bicyclic) bond motifs is 1. The normalized spacial score (nSPS) is 17.2. The molecule has 0 bridgehead atoms. The van der Waals surface area contributed by atoms with Gasteiger partial charge in [-0.25, -0.2) is 4.68 Å². The van der Waals surface area contributed by atoms with Gasteiger partial charge in [0.1, 0.15) is 0 Å². The molecule has 9 nitrogen and oxygen atoms in total. The van der Waals surface area contributed by atoms with Gasteiger partial charge in [-0.3, -0.25) is 9.59 Å². The summed E-state index contributed by atoms with van der Waals surface area (Å²) in [6, 6.07) is 7.09. The SMILES string of the molecule is Cn1nnnc1N1CC[C@H](NC(=O)c2c[nH]c(=O)c3ccccc23)C1. The minimum absolute atomic E-state index is 0.00473. The van der Waals surface area contributed by atoms with Crippen LogP contribution in [0, 0.1) is 0 Å². The fourth-order valence-corrected chi connectivity index (χ4v) is 3.21. The molecule has 0 radical (unpaired) electrons. The average Bonchev–Trinajstić information content (AvgIpc) is 3.24. The first-order chi connectivity index (χ1) is 12.1. The summed E-state index contributed by atoms with van der Waals surface area (Å²) in [5, 5.41) is 15.7. The highest BCUT2D eigenvalue weighted by molar-refractivity contribution is 6.06. The van der Waals surface area contributed by atoms with Crippen molar-refractivity contribution in [3.05, 3.63) is 46.4 Å². The van der Waals surface area contributed by atoms with Crippen molar-refractivity contribution in [3.8, 4) is 0 Å². The zero-order chi connectivity index (χ0) is 17.4. The molecule has 1 aliphatic heterocycles. The van der Waals surface area contributed by atoms with Gasteiger partial charge in [-0.1, -0.05) is 23.3 Å². The summed E-state index contributed by atoms with van der Waals surface area (Å²) < 4.78 is 1.61. The molecule has 1 atom stereocenters.